The maximum Gasteiger partial charge on any atom is 0.123 e. The average Bonchev–Trinajstić information content (AvgIpc) is 2.96. The Morgan fingerprint density at radius 1 is 1.16 bits per heavy atom. The van der Waals surface area contributed by atoms with Crippen LogP contribution < -0.4 is 14.8 Å². The third-order valence-corrected chi connectivity index (χ3v) is 3.87. The highest BCUT2D eigenvalue weighted by atomic mass is 32.1. The Kier molecular flexibility index (Phi) is 5.24. The van der Waals surface area contributed by atoms with Crippen LogP contribution in [-0.4, -0.2) is 20.8 Å². The van der Waals surface area contributed by atoms with E-state index in [1.807, 2.05) is 18.2 Å². The van der Waals surface area contributed by atoms with Crippen molar-refractivity contribution in [2.24, 2.45) is 0 Å². The second kappa shape index (κ2) is 7.16. The van der Waals surface area contributed by atoms with Crippen LogP contribution in [0.25, 0.3) is 0 Å². The van der Waals surface area contributed by atoms with E-state index < -0.39 is 0 Å². The van der Waals surface area contributed by atoms with Crippen molar-refractivity contribution >= 4 is 11.3 Å². The van der Waals surface area contributed by atoms with Crippen LogP contribution in [0, 0.1) is 0 Å². The van der Waals surface area contributed by atoms with Crippen LogP contribution in [0.1, 0.15) is 10.4 Å². The van der Waals surface area contributed by atoms with Crippen molar-refractivity contribution in [2.45, 2.75) is 13.0 Å². The van der Waals surface area contributed by atoms with Gasteiger partial charge in [-0.2, -0.15) is 0 Å². The molecule has 0 atom stereocenters. The lowest BCUT2D eigenvalue weighted by Crippen LogP contribution is -2.16. The zero-order valence-corrected chi connectivity index (χ0v) is 12.1. The molecule has 4 heteroatoms. The molecule has 0 saturated heterocycles. The monoisotopic (exact) mass is 277 g/mol. The zero-order chi connectivity index (χ0) is 13.5. The van der Waals surface area contributed by atoms with E-state index in [-0.39, 0.29) is 0 Å². The first-order chi connectivity index (χ1) is 9.33. The Morgan fingerprint density at radius 2 is 2.05 bits per heavy atom. The number of methoxy groups -OCH3 is 2. The second-order valence-corrected chi connectivity index (χ2v) is 5.22. The van der Waals surface area contributed by atoms with E-state index in [9.17, 15) is 0 Å². The summed E-state index contributed by atoms with van der Waals surface area (Å²) in [6.07, 6.45) is 1.06. The van der Waals surface area contributed by atoms with Gasteiger partial charge in [-0.05, 0) is 36.1 Å². The van der Waals surface area contributed by atoms with Crippen molar-refractivity contribution in [3.8, 4) is 11.5 Å². The van der Waals surface area contributed by atoms with Gasteiger partial charge in [0.05, 0.1) is 14.2 Å². The first-order valence-electron chi connectivity index (χ1n) is 6.27. The molecule has 102 valence electrons. The number of hydrogen-bond acceptors (Lipinski definition) is 4. The van der Waals surface area contributed by atoms with Gasteiger partial charge >= 0.3 is 0 Å². The van der Waals surface area contributed by atoms with Crippen molar-refractivity contribution in [1.82, 2.24) is 5.32 Å². The van der Waals surface area contributed by atoms with E-state index in [1.165, 1.54) is 4.88 Å². The van der Waals surface area contributed by atoms with Gasteiger partial charge in [0.1, 0.15) is 11.5 Å². The summed E-state index contributed by atoms with van der Waals surface area (Å²) in [6.45, 7) is 1.74. The van der Waals surface area contributed by atoms with Gasteiger partial charge in [0.2, 0.25) is 0 Å². The fourth-order valence-corrected chi connectivity index (χ4v) is 2.62. The molecule has 1 aromatic heterocycles. The minimum absolute atomic E-state index is 0.783. The number of thiophene rings is 1. The second-order valence-electron chi connectivity index (χ2n) is 4.18. The van der Waals surface area contributed by atoms with Gasteiger partial charge in [0.15, 0.2) is 0 Å². The highest BCUT2D eigenvalue weighted by molar-refractivity contribution is 7.09. The topological polar surface area (TPSA) is 30.5 Å². The van der Waals surface area contributed by atoms with Gasteiger partial charge < -0.3 is 14.8 Å². The van der Waals surface area contributed by atoms with Gasteiger partial charge in [-0.1, -0.05) is 6.07 Å². The fraction of sp³-hybridized carbons (Fsp3) is 0.333. The summed E-state index contributed by atoms with van der Waals surface area (Å²) in [5.74, 6) is 1.75. The maximum absolute atomic E-state index is 5.35. The van der Waals surface area contributed by atoms with Gasteiger partial charge in [0, 0.05) is 23.5 Å². The summed E-state index contributed by atoms with van der Waals surface area (Å²) in [6, 6.07) is 10.1. The first kappa shape index (κ1) is 13.9. The summed E-state index contributed by atoms with van der Waals surface area (Å²) in [5, 5.41) is 5.55. The number of rotatable bonds is 7. The zero-order valence-electron chi connectivity index (χ0n) is 11.3. The van der Waals surface area contributed by atoms with Crippen LogP contribution in [0.2, 0.25) is 0 Å². The predicted octanol–water partition coefficient (Wildman–Crippen LogP) is 3.10. The van der Waals surface area contributed by atoms with Crippen LogP contribution in [-0.2, 0) is 13.0 Å². The highest BCUT2D eigenvalue weighted by Crippen LogP contribution is 2.23. The molecule has 2 aromatic rings. The molecule has 0 aliphatic carbocycles. The normalized spacial score (nSPS) is 10.4. The molecular weight excluding hydrogens is 258 g/mol. The summed E-state index contributed by atoms with van der Waals surface area (Å²) >= 11 is 1.80. The van der Waals surface area contributed by atoms with E-state index in [2.05, 4.69) is 22.8 Å². The van der Waals surface area contributed by atoms with Crippen molar-refractivity contribution in [1.29, 1.82) is 0 Å². The molecule has 0 fully saturated rings. The number of benzene rings is 1. The lowest BCUT2D eigenvalue weighted by Gasteiger charge is -2.11. The number of ether oxygens (including phenoxy) is 2. The van der Waals surface area contributed by atoms with Crippen LogP contribution in [0.5, 0.6) is 11.5 Å². The Hall–Kier alpha value is -1.52. The average molecular weight is 277 g/mol. The molecule has 0 saturated carbocycles. The molecule has 1 aromatic carbocycles. The van der Waals surface area contributed by atoms with Gasteiger partial charge in [-0.25, -0.2) is 0 Å². The quantitative estimate of drug-likeness (QED) is 0.789. The van der Waals surface area contributed by atoms with Crippen LogP contribution in [0.4, 0.5) is 0 Å². The Bertz CT molecular complexity index is 497. The molecule has 3 nitrogen and oxygen atoms in total. The summed E-state index contributed by atoms with van der Waals surface area (Å²) in [5.41, 5.74) is 1.12. The molecule has 0 bridgehead atoms. The van der Waals surface area contributed by atoms with E-state index in [0.29, 0.717) is 0 Å². The molecule has 19 heavy (non-hydrogen) atoms. The third kappa shape index (κ3) is 3.98. The van der Waals surface area contributed by atoms with Gasteiger partial charge in [0.25, 0.3) is 0 Å². The van der Waals surface area contributed by atoms with Crippen molar-refractivity contribution in [3.05, 3.63) is 46.2 Å². The van der Waals surface area contributed by atoms with Crippen molar-refractivity contribution in [3.63, 3.8) is 0 Å². The molecular formula is C15H19NO2S. The Morgan fingerprint density at radius 3 is 2.74 bits per heavy atom. The summed E-state index contributed by atoms with van der Waals surface area (Å²) < 4.78 is 10.6. The fourth-order valence-electron chi connectivity index (χ4n) is 1.91. The third-order valence-electron chi connectivity index (χ3n) is 2.93. The van der Waals surface area contributed by atoms with Gasteiger partial charge in [-0.15, -0.1) is 11.3 Å². The summed E-state index contributed by atoms with van der Waals surface area (Å²) in [4.78, 5) is 1.41. The molecule has 0 amide bonds. The number of nitrogens with one attached hydrogen (secondary N) is 1. The van der Waals surface area contributed by atoms with Crippen LogP contribution in [0.3, 0.4) is 0 Å². The summed E-state index contributed by atoms with van der Waals surface area (Å²) in [7, 11) is 3.37. The largest absolute Gasteiger partial charge is 0.497 e. The standard InChI is InChI=1S/C15H19NO2S/c1-17-13-5-6-15(18-2)12(10-13)11-16-8-7-14-4-3-9-19-14/h3-6,9-10,16H,7-8,11H2,1-2H3. The smallest absolute Gasteiger partial charge is 0.123 e. The predicted molar refractivity (Wildman–Crippen MR) is 79.3 cm³/mol. The first-order valence-corrected chi connectivity index (χ1v) is 7.15. The van der Waals surface area contributed by atoms with E-state index in [1.54, 1.807) is 25.6 Å². The molecule has 0 aliphatic heterocycles. The molecule has 1 N–H and O–H groups in total. The minimum Gasteiger partial charge on any atom is -0.497 e. The maximum atomic E-state index is 5.35. The van der Waals surface area contributed by atoms with E-state index >= 15 is 0 Å². The Balaban J connectivity index is 1.87. The van der Waals surface area contributed by atoms with Crippen LogP contribution in [0.15, 0.2) is 35.7 Å². The number of hydrogen-bond donors (Lipinski definition) is 1. The van der Waals surface area contributed by atoms with Crippen molar-refractivity contribution < 1.29 is 9.47 Å². The van der Waals surface area contributed by atoms with Crippen molar-refractivity contribution in [2.75, 3.05) is 20.8 Å². The molecule has 0 unspecified atom stereocenters. The lowest BCUT2D eigenvalue weighted by atomic mass is 10.2. The Labute approximate surface area is 118 Å². The van der Waals surface area contributed by atoms with Gasteiger partial charge in [-0.3, -0.25) is 0 Å². The van der Waals surface area contributed by atoms with E-state index in [4.69, 9.17) is 9.47 Å². The lowest BCUT2D eigenvalue weighted by molar-refractivity contribution is 0.397. The molecule has 0 radical (unpaired) electrons. The minimum atomic E-state index is 0.783. The SMILES string of the molecule is COc1ccc(OC)c(CNCCc2cccs2)c1. The highest BCUT2D eigenvalue weighted by Gasteiger charge is 2.04. The van der Waals surface area contributed by atoms with E-state index in [0.717, 1.165) is 36.6 Å². The molecule has 0 aliphatic rings. The molecule has 1 heterocycles. The molecule has 2 rings (SSSR count). The van der Waals surface area contributed by atoms with Crippen LogP contribution >= 0.6 is 11.3 Å². The molecule has 0 spiro atoms.